The van der Waals surface area contributed by atoms with Crippen LogP contribution in [0.15, 0.2) is 10.6 Å². The summed E-state index contributed by atoms with van der Waals surface area (Å²) in [6.45, 7) is 3.36. The van der Waals surface area contributed by atoms with Gasteiger partial charge in [-0.15, -0.1) is 0 Å². The van der Waals surface area contributed by atoms with Gasteiger partial charge in [0.25, 0.3) is 5.91 Å². The molecule has 2 N–H and O–H groups in total. The summed E-state index contributed by atoms with van der Waals surface area (Å²) < 4.78 is 9.69. The van der Waals surface area contributed by atoms with Gasteiger partial charge in [-0.3, -0.25) is 9.59 Å². The third-order valence-corrected chi connectivity index (χ3v) is 2.58. The molecule has 0 bridgehead atoms. The van der Waals surface area contributed by atoms with Crippen LogP contribution < -0.4 is 5.32 Å². The minimum absolute atomic E-state index is 0.103. The van der Waals surface area contributed by atoms with Crippen molar-refractivity contribution in [3.05, 3.63) is 17.5 Å². The number of ether oxygens (including phenoxy) is 1. The number of methoxy groups -OCH3 is 1. The summed E-state index contributed by atoms with van der Waals surface area (Å²) >= 11 is 0. The maximum Gasteiger partial charge on any atom is 0.308 e. The Morgan fingerprint density at radius 2 is 2.22 bits per heavy atom. The van der Waals surface area contributed by atoms with Gasteiger partial charge in [0.05, 0.1) is 5.92 Å². The zero-order valence-corrected chi connectivity index (χ0v) is 10.5. The van der Waals surface area contributed by atoms with Crippen LogP contribution in [0, 0.1) is 5.92 Å². The fourth-order valence-corrected chi connectivity index (χ4v) is 1.25. The summed E-state index contributed by atoms with van der Waals surface area (Å²) in [6.07, 6.45) is 0. The molecule has 0 spiro atoms. The van der Waals surface area contributed by atoms with Crippen molar-refractivity contribution < 1.29 is 24.0 Å². The lowest BCUT2D eigenvalue weighted by atomic mass is 10.0. The van der Waals surface area contributed by atoms with Gasteiger partial charge in [-0.1, -0.05) is 5.16 Å². The molecule has 1 rings (SSSR count). The van der Waals surface area contributed by atoms with Crippen LogP contribution in [-0.4, -0.2) is 35.3 Å². The van der Waals surface area contributed by atoms with Gasteiger partial charge in [-0.25, -0.2) is 0 Å². The van der Waals surface area contributed by atoms with Gasteiger partial charge in [-0.2, -0.15) is 0 Å². The normalized spacial score (nSPS) is 13.9. The van der Waals surface area contributed by atoms with Crippen molar-refractivity contribution in [2.24, 2.45) is 5.92 Å². The molecular formula is C11H16N2O5. The van der Waals surface area contributed by atoms with E-state index in [1.807, 2.05) is 0 Å². The summed E-state index contributed by atoms with van der Waals surface area (Å²) in [5, 5.41) is 14.9. The minimum Gasteiger partial charge on any atom is -0.481 e. The van der Waals surface area contributed by atoms with Crippen LogP contribution in [0.5, 0.6) is 0 Å². The Hall–Kier alpha value is -1.89. The Morgan fingerprint density at radius 3 is 2.78 bits per heavy atom. The van der Waals surface area contributed by atoms with Gasteiger partial charge >= 0.3 is 5.97 Å². The summed E-state index contributed by atoms with van der Waals surface area (Å²) in [7, 11) is 1.50. The van der Waals surface area contributed by atoms with Gasteiger partial charge in [0.2, 0.25) is 0 Å². The van der Waals surface area contributed by atoms with E-state index in [4.69, 9.17) is 14.4 Å². The topological polar surface area (TPSA) is 102 Å². The molecule has 7 heteroatoms. The van der Waals surface area contributed by atoms with Crippen molar-refractivity contribution in [1.82, 2.24) is 10.5 Å². The highest BCUT2D eigenvalue weighted by atomic mass is 16.5. The molecule has 0 aromatic carbocycles. The van der Waals surface area contributed by atoms with Gasteiger partial charge in [0, 0.05) is 19.2 Å². The van der Waals surface area contributed by atoms with E-state index >= 15 is 0 Å². The second-order valence-electron chi connectivity index (χ2n) is 4.00. The number of rotatable bonds is 6. The van der Waals surface area contributed by atoms with Crippen LogP contribution in [-0.2, 0) is 16.1 Å². The lowest BCUT2D eigenvalue weighted by molar-refractivity contribution is -0.141. The Bertz CT molecular complexity index is 429. The first kappa shape index (κ1) is 14.2. The number of aliphatic carboxylic acids is 1. The summed E-state index contributed by atoms with van der Waals surface area (Å²) in [5.41, 5.74) is 0.103. The molecule has 0 fully saturated rings. The summed E-state index contributed by atoms with van der Waals surface area (Å²) in [4.78, 5) is 22.5. The smallest absolute Gasteiger partial charge is 0.308 e. The summed E-state index contributed by atoms with van der Waals surface area (Å²) in [5.74, 6) is -1.69. The monoisotopic (exact) mass is 256 g/mol. The molecule has 100 valence electrons. The van der Waals surface area contributed by atoms with Crippen LogP contribution in [0.25, 0.3) is 0 Å². The van der Waals surface area contributed by atoms with Crippen LogP contribution in [0.3, 0.4) is 0 Å². The molecule has 1 aromatic rings. The van der Waals surface area contributed by atoms with Crippen LogP contribution in [0.2, 0.25) is 0 Å². The van der Waals surface area contributed by atoms with Crippen molar-refractivity contribution in [3.63, 3.8) is 0 Å². The number of nitrogens with one attached hydrogen (secondary N) is 1. The Labute approximate surface area is 104 Å². The van der Waals surface area contributed by atoms with Crippen LogP contribution in [0.1, 0.15) is 30.1 Å². The Morgan fingerprint density at radius 1 is 1.56 bits per heavy atom. The molecule has 0 saturated heterocycles. The van der Waals surface area contributed by atoms with Crippen molar-refractivity contribution in [1.29, 1.82) is 0 Å². The SMILES string of the molecule is COCc1cc(C(=O)NC(C)C(C)C(=O)O)no1. The molecule has 1 amide bonds. The zero-order valence-electron chi connectivity index (χ0n) is 10.5. The molecule has 0 aliphatic heterocycles. The van der Waals surface area contributed by atoms with E-state index in [1.165, 1.54) is 20.1 Å². The number of amides is 1. The molecule has 0 aliphatic rings. The number of hydrogen-bond donors (Lipinski definition) is 2. The molecule has 1 aromatic heterocycles. The molecular weight excluding hydrogens is 240 g/mol. The molecule has 0 saturated carbocycles. The van der Waals surface area contributed by atoms with Crippen molar-refractivity contribution in [3.8, 4) is 0 Å². The first-order chi connectivity index (χ1) is 8.45. The van der Waals surface area contributed by atoms with Crippen LogP contribution >= 0.6 is 0 Å². The molecule has 2 atom stereocenters. The van der Waals surface area contributed by atoms with Crippen molar-refractivity contribution >= 4 is 11.9 Å². The molecule has 0 radical (unpaired) electrons. The number of nitrogens with zero attached hydrogens (tertiary/aromatic N) is 1. The average Bonchev–Trinajstić information content (AvgIpc) is 2.77. The highest BCUT2D eigenvalue weighted by molar-refractivity contribution is 5.92. The lowest BCUT2D eigenvalue weighted by Crippen LogP contribution is -2.40. The first-order valence-electron chi connectivity index (χ1n) is 5.44. The average molecular weight is 256 g/mol. The number of carboxylic acids is 1. The lowest BCUT2D eigenvalue weighted by Gasteiger charge is -2.16. The predicted octanol–water partition coefficient (Wildman–Crippen LogP) is 0.660. The molecule has 18 heavy (non-hydrogen) atoms. The Balaban J connectivity index is 2.61. The second kappa shape index (κ2) is 6.15. The fraction of sp³-hybridized carbons (Fsp3) is 0.545. The van der Waals surface area contributed by atoms with E-state index in [0.717, 1.165) is 0 Å². The van der Waals surface area contributed by atoms with Crippen LogP contribution in [0.4, 0.5) is 0 Å². The number of carboxylic acid groups (broad SMARTS) is 1. The number of carbonyl (C=O) groups excluding carboxylic acids is 1. The molecule has 1 heterocycles. The number of carbonyl (C=O) groups is 2. The standard InChI is InChI=1S/C11H16N2O5/c1-6(11(15)16)7(2)12-10(14)9-4-8(5-17-3)18-13-9/h4,6-7H,5H2,1-3H3,(H,12,14)(H,15,16). The van der Waals surface area contributed by atoms with Gasteiger partial charge in [-0.05, 0) is 13.8 Å². The second-order valence-corrected chi connectivity index (χ2v) is 4.00. The number of aromatic nitrogens is 1. The van der Waals surface area contributed by atoms with Gasteiger partial charge in [0.15, 0.2) is 11.5 Å². The quantitative estimate of drug-likeness (QED) is 0.775. The fourth-order valence-electron chi connectivity index (χ4n) is 1.25. The van der Waals surface area contributed by atoms with Gasteiger partial charge in [0.1, 0.15) is 6.61 Å². The van der Waals surface area contributed by atoms with E-state index in [0.29, 0.717) is 5.76 Å². The largest absolute Gasteiger partial charge is 0.481 e. The Kier molecular flexibility index (Phi) is 4.85. The number of hydrogen-bond acceptors (Lipinski definition) is 5. The summed E-state index contributed by atoms with van der Waals surface area (Å²) in [6, 6.07) is 0.953. The third kappa shape index (κ3) is 3.56. The van der Waals surface area contributed by atoms with Gasteiger partial charge < -0.3 is 19.7 Å². The predicted molar refractivity (Wildman–Crippen MR) is 60.9 cm³/mol. The zero-order chi connectivity index (χ0) is 13.7. The van der Waals surface area contributed by atoms with Crippen molar-refractivity contribution in [2.75, 3.05) is 7.11 Å². The van der Waals surface area contributed by atoms with Crippen molar-refractivity contribution in [2.45, 2.75) is 26.5 Å². The van der Waals surface area contributed by atoms with E-state index < -0.39 is 23.8 Å². The van der Waals surface area contributed by atoms with E-state index in [-0.39, 0.29) is 12.3 Å². The van der Waals surface area contributed by atoms with E-state index in [2.05, 4.69) is 10.5 Å². The molecule has 7 nitrogen and oxygen atoms in total. The maximum atomic E-state index is 11.7. The van der Waals surface area contributed by atoms with E-state index in [9.17, 15) is 9.59 Å². The third-order valence-electron chi connectivity index (χ3n) is 2.58. The molecule has 0 aliphatic carbocycles. The minimum atomic E-state index is -0.969. The maximum absolute atomic E-state index is 11.7. The highest BCUT2D eigenvalue weighted by Gasteiger charge is 2.22. The first-order valence-corrected chi connectivity index (χ1v) is 5.44. The van der Waals surface area contributed by atoms with E-state index in [1.54, 1.807) is 6.92 Å². The molecule has 2 unspecified atom stereocenters. The highest BCUT2D eigenvalue weighted by Crippen LogP contribution is 2.07.